The van der Waals surface area contributed by atoms with Gasteiger partial charge in [-0.05, 0) is 72.6 Å². The summed E-state index contributed by atoms with van der Waals surface area (Å²) in [5.41, 5.74) is 0.365. The van der Waals surface area contributed by atoms with Crippen LogP contribution in [0.4, 0.5) is 4.79 Å². The van der Waals surface area contributed by atoms with Crippen LogP contribution in [-0.4, -0.2) is 62.0 Å². The molecule has 0 aliphatic carbocycles. The molecule has 190 valence electrons. The fourth-order valence-electron chi connectivity index (χ4n) is 3.65. The van der Waals surface area contributed by atoms with Crippen LogP contribution in [0.5, 0.6) is 11.5 Å². The van der Waals surface area contributed by atoms with Gasteiger partial charge < -0.3 is 13.8 Å². The summed E-state index contributed by atoms with van der Waals surface area (Å²) >= 11 is 12.8. The molecular formula is C23H20Cl2N2O7S2. The van der Waals surface area contributed by atoms with Crippen LogP contribution in [0.3, 0.4) is 0 Å². The van der Waals surface area contributed by atoms with Crippen molar-refractivity contribution < 1.29 is 31.7 Å². The van der Waals surface area contributed by atoms with Crippen molar-refractivity contribution in [3.05, 3.63) is 56.9 Å². The van der Waals surface area contributed by atoms with E-state index in [9.17, 15) is 22.8 Å². The number of hydrogen-bond acceptors (Lipinski definition) is 8. The predicted molar refractivity (Wildman–Crippen MR) is 136 cm³/mol. The molecule has 0 atom stereocenters. The molecule has 36 heavy (non-hydrogen) atoms. The number of rotatable bonds is 7. The molecule has 2 saturated heterocycles. The zero-order chi connectivity index (χ0) is 26.0. The van der Waals surface area contributed by atoms with E-state index in [1.54, 1.807) is 4.90 Å². The third kappa shape index (κ3) is 5.64. The minimum Gasteiger partial charge on any atom is -0.493 e. The highest BCUT2D eigenvalue weighted by atomic mass is 35.5. The Balaban J connectivity index is 1.56. The Hall–Kier alpha value is -2.73. The van der Waals surface area contributed by atoms with Crippen LogP contribution in [0.25, 0.3) is 6.08 Å². The smallest absolute Gasteiger partial charge is 0.339 e. The standard InChI is InChI=1S/C23H20Cl2N2O7S2/c1-33-18-11-14(10-17(25)21(18)34-36(31,32)16-6-4-15(24)5-7-16)12-19-22(29)27(23(30)35-19)13-20(28)26-8-2-3-9-26/h4-7,10-12H,2-3,8-9,13H2,1H3/b19-12-. The van der Waals surface area contributed by atoms with Crippen LogP contribution in [-0.2, 0) is 19.7 Å². The monoisotopic (exact) mass is 570 g/mol. The van der Waals surface area contributed by atoms with E-state index in [1.165, 1.54) is 49.6 Å². The van der Waals surface area contributed by atoms with Gasteiger partial charge in [-0.3, -0.25) is 19.3 Å². The van der Waals surface area contributed by atoms with Gasteiger partial charge >= 0.3 is 10.1 Å². The summed E-state index contributed by atoms with van der Waals surface area (Å²) in [5.74, 6) is -1.12. The highest BCUT2D eigenvalue weighted by Gasteiger charge is 2.37. The maximum absolute atomic E-state index is 12.8. The van der Waals surface area contributed by atoms with Gasteiger partial charge in [0.2, 0.25) is 11.7 Å². The number of thioether (sulfide) groups is 1. The molecule has 13 heteroatoms. The molecule has 2 aromatic carbocycles. The topological polar surface area (TPSA) is 110 Å². The third-order valence-electron chi connectivity index (χ3n) is 5.47. The normalized spacial score (nSPS) is 17.2. The lowest BCUT2D eigenvalue weighted by molar-refractivity contribution is -0.135. The van der Waals surface area contributed by atoms with Gasteiger partial charge in [-0.25, -0.2) is 0 Å². The van der Waals surface area contributed by atoms with Crippen molar-refractivity contribution in [3.8, 4) is 11.5 Å². The van der Waals surface area contributed by atoms with Crippen molar-refractivity contribution in [2.24, 2.45) is 0 Å². The minimum atomic E-state index is -4.25. The molecule has 2 aliphatic rings. The zero-order valence-electron chi connectivity index (χ0n) is 18.9. The number of halogens is 2. The first-order valence-corrected chi connectivity index (χ1v) is 13.7. The highest BCUT2D eigenvalue weighted by Crippen LogP contribution is 2.40. The lowest BCUT2D eigenvalue weighted by atomic mass is 10.2. The van der Waals surface area contributed by atoms with Crippen molar-refractivity contribution in [3.63, 3.8) is 0 Å². The number of benzene rings is 2. The second-order valence-electron chi connectivity index (χ2n) is 7.88. The summed E-state index contributed by atoms with van der Waals surface area (Å²) in [4.78, 5) is 40.1. The maximum atomic E-state index is 12.8. The fraction of sp³-hybridized carbons (Fsp3) is 0.261. The molecule has 0 unspecified atom stereocenters. The fourth-order valence-corrected chi connectivity index (χ4v) is 5.88. The Morgan fingerprint density at radius 1 is 1.11 bits per heavy atom. The number of nitrogens with zero attached hydrogens (tertiary/aromatic N) is 2. The number of hydrogen-bond donors (Lipinski definition) is 0. The van der Waals surface area contributed by atoms with Crippen LogP contribution in [0.1, 0.15) is 18.4 Å². The average Bonchev–Trinajstić information content (AvgIpc) is 3.46. The van der Waals surface area contributed by atoms with Gasteiger partial charge in [0.1, 0.15) is 11.4 Å². The van der Waals surface area contributed by atoms with Gasteiger partial charge in [-0.15, -0.1) is 0 Å². The van der Waals surface area contributed by atoms with E-state index in [4.69, 9.17) is 32.1 Å². The maximum Gasteiger partial charge on any atom is 0.339 e. The molecule has 2 heterocycles. The van der Waals surface area contributed by atoms with Gasteiger partial charge in [0.05, 0.1) is 17.0 Å². The van der Waals surface area contributed by atoms with E-state index in [1.807, 2.05) is 0 Å². The van der Waals surface area contributed by atoms with Gasteiger partial charge in [-0.1, -0.05) is 23.2 Å². The Bertz CT molecular complexity index is 1360. The number of carbonyl (C=O) groups excluding carboxylic acids is 3. The first-order chi connectivity index (χ1) is 17.1. The second kappa shape index (κ2) is 10.7. The first-order valence-electron chi connectivity index (χ1n) is 10.7. The van der Waals surface area contributed by atoms with Crippen LogP contribution in [0.15, 0.2) is 46.2 Å². The molecule has 0 bridgehead atoms. The van der Waals surface area contributed by atoms with E-state index < -0.39 is 21.3 Å². The lowest BCUT2D eigenvalue weighted by Gasteiger charge is -2.18. The molecule has 2 aromatic rings. The summed E-state index contributed by atoms with van der Waals surface area (Å²) < 4.78 is 35.9. The summed E-state index contributed by atoms with van der Waals surface area (Å²) in [6.07, 6.45) is 3.21. The lowest BCUT2D eigenvalue weighted by Crippen LogP contribution is -2.40. The van der Waals surface area contributed by atoms with E-state index in [2.05, 4.69) is 0 Å². The molecule has 0 saturated carbocycles. The Morgan fingerprint density at radius 2 is 1.78 bits per heavy atom. The van der Waals surface area contributed by atoms with Crippen LogP contribution >= 0.6 is 35.0 Å². The number of carbonyl (C=O) groups is 3. The summed E-state index contributed by atoms with van der Waals surface area (Å²) in [6.45, 7) is 0.915. The molecule has 9 nitrogen and oxygen atoms in total. The molecule has 3 amide bonds. The quantitative estimate of drug-likeness (QED) is 0.355. The van der Waals surface area contributed by atoms with Gasteiger partial charge in [0.15, 0.2) is 5.75 Å². The van der Waals surface area contributed by atoms with Crippen LogP contribution in [0.2, 0.25) is 10.0 Å². The number of likely N-dealkylation sites (tertiary alicyclic amines) is 1. The SMILES string of the molecule is COc1cc(/C=C2\SC(=O)N(CC(=O)N3CCCC3)C2=O)cc(Cl)c1OS(=O)(=O)c1ccc(Cl)cc1. The molecule has 0 radical (unpaired) electrons. The minimum absolute atomic E-state index is 0.00488. The highest BCUT2D eigenvalue weighted by molar-refractivity contribution is 8.18. The van der Waals surface area contributed by atoms with Crippen LogP contribution in [0, 0.1) is 0 Å². The van der Waals surface area contributed by atoms with Crippen molar-refractivity contribution >= 4 is 68.2 Å². The second-order valence-corrected chi connectivity index (χ2v) is 11.3. The van der Waals surface area contributed by atoms with E-state index in [-0.39, 0.29) is 38.8 Å². The molecule has 4 rings (SSSR count). The van der Waals surface area contributed by atoms with Gasteiger partial charge in [0, 0.05) is 18.1 Å². The Morgan fingerprint density at radius 3 is 2.42 bits per heavy atom. The first kappa shape index (κ1) is 26.3. The van der Waals surface area contributed by atoms with Crippen molar-refractivity contribution in [2.45, 2.75) is 17.7 Å². The van der Waals surface area contributed by atoms with Crippen LogP contribution < -0.4 is 8.92 Å². The molecule has 2 fully saturated rings. The zero-order valence-corrected chi connectivity index (χ0v) is 22.0. The molecule has 2 aliphatic heterocycles. The molecule has 0 N–H and O–H groups in total. The summed E-state index contributed by atoms with van der Waals surface area (Å²) in [7, 11) is -2.95. The number of ether oxygens (including phenoxy) is 1. The Labute approximate surface area is 222 Å². The Kier molecular flexibility index (Phi) is 7.84. The average molecular weight is 571 g/mol. The van der Waals surface area contributed by atoms with E-state index >= 15 is 0 Å². The molecule has 0 spiro atoms. The summed E-state index contributed by atoms with van der Waals surface area (Å²) in [5, 5.41) is -0.286. The van der Waals surface area contributed by atoms with E-state index in [0.29, 0.717) is 35.4 Å². The number of amides is 3. The van der Waals surface area contributed by atoms with Gasteiger partial charge in [-0.2, -0.15) is 8.42 Å². The molecular weight excluding hydrogens is 551 g/mol. The predicted octanol–water partition coefficient (Wildman–Crippen LogP) is 4.43. The van der Waals surface area contributed by atoms with E-state index in [0.717, 1.165) is 17.7 Å². The van der Waals surface area contributed by atoms with Crippen molar-refractivity contribution in [2.75, 3.05) is 26.7 Å². The van der Waals surface area contributed by atoms with Crippen molar-refractivity contribution in [1.82, 2.24) is 9.80 Å². The van der Waals surface area contributed by atoms with Gasteiger partial charge in [0.25, 0.3) is 11.1 Å². The third-order valence-corrected chi connectivity index (χ3v) is 8.15. The summed E-state index contributed by atoms with van der Waals surface area (Å²) in [6, 6.07) is 8.19. The van der Waals surface area contributed by atoms with Crippen molar-refractivity contribution in [1.29, 1.82) is 0 Å². The number of methoxy groups -OCH3 is 1. The largest absolute Gasteiger partial charge is 0.493 e. The number of imide groups is 1. The molecule has 0 aromatic heterocycles.